The van der Waals surface area contributed by atoms with E-state index in [1.54, 1.807) is 0 Å². The summed E-state index contributed by atoms with van der Waals surface area (Å²) >= 11 is 0. The van der Waals surface area contributed by atoms with Gasteiger partial charge in [-0.05, 0) is 31.1 Å². The molecule has 0 atom stereocenters. The fourth-order valence-corrected chi connectivity index (χ4v) is 1.95. The molecule has 1 fully saturated rings. The molecule has 0 aromatic carbocycles. The zero-order valence-electron chi connectivity index (χ0n) is 9.71. The van der Waals surface area contributed by atoms with Crippen LogP contribution in [0.5, 0.6) is 0 Å². The van der Waals surface area contributed by atoms with Crippen LogP contribution >= 0.6 is 0 Å². The lowest BCUT2D eigenvalue weighted by atomic mass is 10.1. The minimum Gasteiger partial charge on any atom is -0.497 e. The Labute approximate surface area is 91.7 Å². The van der Waals surface area contributed by atoms with Gasteiger partial charge in [-0.2, -0.15) is 0 Å². The molecule has 0 spiro atoms. The Kier molecular flexibility index (Phi) is 3.13. The van der Waals surface area contributed by atoms with Crippen LogP contribution in [0.2, 0.25) is 0 Å². The average Bonchev–Trinajstić information content (AvgIpc) is 2.92. The Morgan fingerprint density at radius 2 is 2.07 bits per heavy atom. The summed E-state index contributed by atoms with van der Waals surface area (Å²) in [7, 11) is 0. The molecule has 0 bridgehead atoms. The zero-order valence-corrected chi connectivity index (χ0v) is 9.71. The van der Waals surface area contributed by atoms with Crippen molar-refractivity contribution in [2.24, 2.45) is 11.8 Å². The van der Waals surface area contributed by atoms with Crippen LogP contribution in [-0.4, -0.2) is 12.4 Å². The second-order valence-corrected chi connectivity index (χ2v) is 5.18. The number of carbonyl (C=O) groups is 1. The lowest BCUT2D eigenvalue weighted by Gasteiger charge is -2.11. The van der Waals surface area contributed by atoms with Crippen molar-refractivity contribution < 1.29 is 9.53 Å². The maximum atomic E-state index is 11.7. The Morgan fingerprint density at radius 3 is 2.67 bits per heavy atom. The fourth-order valence-electron chi connectivity index (χ4n) is 1.95. The smallest absolute Gasteiger partial charge is 0.162 e. The molecule has 1 saturated carbocycles. The molecule has 0 saturated heterocycles. The van der Waals surface area contributed by atoms with E-state index in [9.17, 15) is 4.79 Å². The van der Waals surface area contributed by atoms with Crippen molar-refractivity contribution >= 4 is 5.78 Å². The third-order valence-corrected chi connectivity index (χ3v) is 3.03. The Hall–Kier alpha value is -0.790. The van der Waals surface area contributed by atoms with Gasteiger partial charge in [0, 0.05) is 18.4 Å². The molecule has 0 radical (unpaired) electrons. The summed E-state index contributed by atoms with van der Waals surface area (Å²) < 4.78 is 5.73. The molecule has 2 heteroatoms. The first-order valence-electron chi connectivity index (χ1n) is 6.05. The number of ketones is 1. The van der Waals surface area contributed by atoms with Gasteiger partial charge in [0.05, 0.1) is 6.61 Å². The van der Waals surface area contributed by atoms with Crippen LogP contribution in [0.15, 0.2) is 11.3 Å². The average molecular weight is 208 g/mol. The second-order valence-electron chi connectivity index (χ2n) is 5.18. The van der Waals surface area contributed by atoms with E-state index in [1.807, 2.05) is 0 Å². The number of hydrogen-bond acceptors (Lipinski definition) is 2. The van der Waals surface area contributed by atoms with Gasteiger partial charge in [-0.3, -0.25) is 4.79 Å². The maximum absolute atomic E-state index is 11.7. The molecule has 2 aliphatic carbocycles. The number of ether oxygens (including phenoxy) is 1. The van der Waals surface area contributed by atoms with Crippen LogP contribution in [0, 0.1) is 11.8 Å². The van der Waals surface area contributed by atoms with E-state index in [2.05, 4.69) is 13.8 Å². The predicted octanol–water partition coefficient (Wildman–Crippen LogP) is 3.08. The Bertz CT molecular complexity index is 285. The first kappa shape index (κ1) is 10.7. The van der Waals surface area contributed by atoms with E-state index in [0.29, 0.717) is 18.1 Å². The summed E-state index contributed by atoms with van der Waals surface area (Å²) in [4.78, 5) is 11.7. The second kappa shape index (κ2) is 4.38. The number of carbonyl (C=O) groups excluding carboxylic acids is 1. The van der Waals surface area contributed by atoms with Crippen molar-refractivity contribution in [3.63, 3.8) is 0 Å². The highest BCUT2D eigenvalue weighted by Gasteiger charge is 2.31. The molecule has 0 aromatic heterocycles. The van der Waals surface area contributed by atoms with Gasteiger partial charge in [0.25, 0.3) is 0 Å². The summed E-state index contributed by atoms with van der Waals surface area (Å²) in [6.45, 7) is 5.02. The Morgan fingerprint density at radius 1 is 1.33 bits per heavy atom. The number of hydrogen-bond donors (Lipinski definition) is 0. The van der Waals surface area contributed by atoms with Crippen molar-refractivity contribution in [3.8, 4) is 0 Å². The van der Waals surface area contributed by atoms with Crippen molar-refractivity contribution in [1.82, 2.24) is 0 Å². The third-order valence-electron chi connectivity index (χ3n) is 3.03. The first-order chi connectivity index (χ1) is 7.16. The van der Waals surface area contributed by atoms with Crippen LogP contribution in [0.3, 0.4) is 0 Å². The predicted molar refractivity (Wildman–Crippen MR) is 59.4 cm³/mol. The minimum absolute atomic E-state index is 0.334. The van der Waals surface area contributed by atoms with E-state index in [0.717, 1.165) is 36.7 Å². The standard InChI is InChI=1S/C13H20O2/c1-9(2)8-15-13-6-5-12(14)11(13)7-10-3-4-10/h9-10H,3-8H2,1-2H3. The number of rotatable bonds is 5. The molecule has 2 rings (SSSR count). The number of Topliss-reactive ketones (excluding diaryl/α,β-unsaturated/α-hetero) is 1. The zero-order chi connectivity index (χ0) is 10.8. The van der Waals surface area contributed by atoms with E-state index in [1.165, 1.54) is 12.8 Å². The highest BCUT2D eigenvalue weighted by atomic mass is 16.5. The lowest BCUT2D eigenvalue weighted by molar-refractivity contribution is -0.115. The van der Waals surface area contributed by atoms with Crippen LogP contribution in [0.4, 0.5) is 0 Å². The van der Waals surface area contributed by atoms with E-state index >= 15 is 0 Å². The lowest BCUT2D eigenvalue weighted by Crippen LogP contribution is -2.03. The number of allylic oxidation sites excluding steroid dienone is 2. The molecule has 84 valence electrons. The van der Waals surface area contributed by atoms with Crippen molar-refractivity contribution in [2.45, 2.75) is 46.0 Å². The summed E-state index contributed by atoms with van der Waals surface area (Å²) in [6.07, 6.45) is 5.10. The van der Waals surface area contributed by atoms with Crippen molar-refractivity contribution in [3.05, 3.63) is 11.3 Å². The van der Waals surface area contributed by atoms with Crippen LogP contribution in [-0.2, 0) is 9.53 Å². The van der Waals surface area contributed by atoms with E-state index in [-0.39, 0.29) is 0 Å². The third kappa shape index (κ3) is 2.83. The van der Waals surface area contributed by atoms with E-state index < -0.39 is 0 Å². The first-order valence-corrected chi connectivity index (χ1v) is 6.05. The SMILES string of the molecule is CC(C)COC1=C(CC2CC2)C(=O)CC1. The monoisotopic (exact) mass is 208 g/mol. The van der Waals surface area contributed by atoms with Gasteiger partial charge >= 0.3 is 0 Å². The van der Waals surface area contributed by atoms with Gasteiger partial charge in [0.2, 0.25) is 0 Å². The molecule has 0 amide bonds. The van der Waals surface area contributed by atoms with Gasteiger partial charge in [0.1, 0.15) is 5.76 Å². The van der Waals surface area contributed by atoms with Crippen LogP contribution in [0.1, 0.15) is 46.0 Å². The Balaban J connectivity index is 1.96. The normalized spacial score (nSPS) is 21.7. The van der Waals surface area contributed by atoms with Gasteiger partial charge in [0.15, 0.2) is 5.78 Å². The summed E-state index contributed by atoms with van der Waals surface area (Å²) in [5.74, 6) is 2.65. The maximum Gasteiger partial charge on any atom is 0.162 e. The van der Waals surface area contributed by atoms with Gasteiger partial charge in [-0.25, -0.2) is 0 Å². The van der Waals surface area contributed by atoms with Gasteiger partial charge < -0.3 is 4.74 Å². The van der Waals surface area contributed by atoms with Gasteiger partial charge in [-0.1, -0.05) is 13.8 Å². The molecule has 2 nitrogen and oxygen atoms in total. The minimum atomic E-state index is 0.334. The molecule has 0 aromatic rings. The summed E-state index contributed by atoms with van der Waals surface area (Å²) in [6, 6.07) is 0. The highest BCUT2D eigenvalue weighted by molar-refractivity contribution is 5.98. The largest absolute Gasteiger partial charge is 0.497 e. The van der Waals surface area contributed by atoms with E-state index in [4.69, 9.17) is 4.74 Å². The van der Waals surface area contributed by atoms with Crippen LogP contribution in [0.25, 0.3) is 0 Å². The highest BCUT2D eigenvalue weighted by Crippen LogP contribution is 2.39. The van der Waals surface area contributed by atoms with Crippen LogP contribution < -0.4 is 0 Å². The summed E-state index contributed by atoms with van der Waals surface area (Å²) in [5.41, 5.74) is 1.01. The van der Waals surface area contributed by atoms with Crippen molar-refractivity contribution in [2.75, 3.05) is 6.61 Å². The molecular weight excluding hydrogens is 188 g/mol. The fraction of sp³-hybridized carbons (Fsp3) is 0.769. The molecule has 2 aliphatic rings. The van der Waals surface area contributed by atoms with Gasteiger partial charge in [-0.15, -0.1) is 0 Å². The quantitative estimate of drug-likeness (QED) is 0.694. The molecule has 0 unspecified atom stereocenters. The molecular formula is C13H20O2. The molecule has 0 heterocycles. The van der Waals surface area contributed by atoms with Crippen molar-refractivity contribution in [1.29, 1.82) is 0 Å². The molecule has 0 N–H and O–H groups in total. The molecule has 0 aliphatic heterocycles. The summed E-state index contributed by atoms with van der Waals surface area (Å²) in [5, 5.41) is 0. The molecule has 15 heavy (non-hydrogen) atoms. The topological polar surface area (TPSA) is 26.3 Å².